The van der Waals surface area contributed by atoms with Gasteiger partial charge < -0.3 is 10.5 Å². The maximum atomic E-state index is 5.63. The first-order valence-corrected chi connectivity index (χ1v) is 5.50. The number of hydrogen-bond donors (Lipinski definition) is 1. The molecule has 0 amide bonds. The summed E-state index contributed by atoms with van der Waals surface area (Å²) in [7, 11) is 0. The standard InChI is InChI=1S/C11H10BrN3O/c12-9-6-14-10(13)11(15-9)16-7-8-4-2-1-3-5-8/h1-6H,7H2,(H2,13,14). The van der Waals surface area contributed by atoms with Gasteiger partial charge in [0, 0.05) is 0 Å². The van der Waals surface area contributed by atoms with E-state index in [1.165, 1.54) is 6.20 Å². The minimum Gasteiger partial charge on any atom is -0.470 e. The molecule has 0 aliphatic carbocycles. The first-order valence-electron chi connectivity index (χ1n) is 4.70. The Balaban J connectivity index is 2.08. The highest BCUT2D eigenvalue weighted by Gasteiger charge is 2.04. The Hall–Kier alpha value is -1.62. The van der Waals surface area contributed by atoms with Gasteiger partial charge in [-0.25, -0.2) is 9.97 Å². The molecule has 0 saturated carbocycles. The number of ether oxygens (including phenoxy) is 1. The zero-order valence-corrected chi connectivity index (χ0v) is 10.0. The molecule has 0 saturated heterocycles. The Morgan fingerprint density at radius 2 is 2.00 bits per heavy atom. The highest BCUT2D eigenvalue weighted by Crippen LogP contribution is 2.19. The van der Waals surface area contributed by atoms with E-state index in [2.05, 4.69) is 25.9 Å². The van der Waals surface area contributed by atoms with Crippen LogP contribution >= 0.6 is 15.9 Å². The van der Waals surface area contributed by atoms with Crippen LogP contribution < -0.4 is 10.5 Å². The minimum atomic E-state index is 0.291. The molecule has 0 spiro atoms. The summed E-state index contributed by atoms with van der Waals surface area (Å²) < 4.78 is 6.08. The molecule has 5 heteroatoms. The van der Waals surface area contributed by atoms with Crippen molar-refractivity contribution < 1.29 is 4.74 Å². The Bertz CT molecular complexity index is 476. The maximum Gasteiger partial charge on any atom is 0.258 e. The monoisotopic (exact) mass is 279 g/mol. The summed E-state index contributed by atoms with van der Waals surface area (Å²) in [5.74, 6) is 0.636. The topological polar surface area (TPSA) is 61.0 Å². The maximum absolute atomic E-state index is 5.63. The number of nitrogens with two attached hydrogens (primary N) is 1. The van der Waals surface area contributed by atoms with Gasteiger partial charge in [0.05, 0.1) is 6.20 Å². The Kier molecular flexibility index (Phi) is 3.36. The molecule has 0 bridgehead atoms. The molecule has 4 nitrogen and oxygen atoms in total. The summed E-state index contributed by atoms with van der Waals surface area (Å²) in [6.07, 6.45) is 1.53. The number of hydrogen-bond acceptors (Lipinski definition) is 4. The van der Waals surface area contributed by atoms with Crippen molar-refractivity contribution in [2.24, 2.45) is 0 Å². The molecular weight excluding hydrogens is 270 g/mol. The van der Waals surface area contributed by atoms with E-state index in [-0.39, 0.29) is 0 Å². The number of nitrogens with zero attached hydrogens (tertiary/aromatic N) is 2. The highest BCUT2D eigenvalue weighted by atomic mass is 79.9. The van der Waals surface area contributed by atoms with Gasteiger partial charge in [0.25, 0.3) is 5.88 Å². The Morgan fingerprint density at radius 1 is 1.25 bits per heavy atom. The zero-order chi connectivity index (χ0) is 11.4. The molecule has 2 N–H and O–H groups in total. The number of rotatable bonds is 3. The molecule has 16 heavy (non-hydrogen) atoms. The van der Waals surface area contributed by atoms with Crippen molar-refractivity contribution >= 4 is 21.7 Å². The molecule has 1 aromatic heterocycles. The van der Waals surface area contributed by atoms with Crippen molar-refractivity contribution in [1.29, 1.82) is 0 Å². The van der Waals surface area contributed by atoms with Crippen LogP contribution in [0.4, 0.5) is 5.82 Å². The third kappa shape index (κ3) is 2.70. The number of anilines is 1. The van der Waals surface area contributed by atoms with Crippen LogP contribution in [0, 0.1) is 0 Å². The first kappa shape index (κ1) is 10.9. The van der Waals surface area contributed by atoms with Crippen molar-refractivity contribution in [1.82, 2.24) is 9.97 Å². The van der Waals surface area contributed by atoms with Gasteiger partial charge in [-0.2, -0.15) is 0 Å². The van der Waals surface area contributed by atoms with E-state index in [1.807, 2.05) is 30.3 Å². The van der Waals surface area contributed by atoms with E-state index in [0.29, 0.717) is 22.9 Å². The highest BCUT2D eigenvalue weighted by molar-refractivity contribution is 9.10. The van der Waals surface area contributed by atoms with E-state index >= 15 is 0 Å². The molecule has 0 aliphatic rings. The van der Waals surface area contributed by atoms with Gasteiger partial charge in [0.1, 0.15) is 11.2 Å². The van der Waals surface area contributed by atoms with Crippen LogP contribution in [-0.4, -0.2) is 9.97 Å². The average Bonchev–Trinajstić information content (AvgIpc) is 2.32. The molecule has 1 heterocycles. The second-order valence-corrected chi connectivity index (χ2v) is 3.97. The van der Waals surface area contributed by atoms with Crippen LogP contribution in [0.25, 0.3) is 0 Å². The van der Waals surface area contributed by atoms with Gasteiger partial charge in [-0.3, -0.25) is 0 Å². The molecule has 2 aromatic rings. The molecule has 0 atom stereocenters. The quantitative estimate of drug-likeness (QED) is 0.937. The average molecular weight is 280 g/mol. The molecule has 0 fully saturated rings. The third-order valence-corrected chi connectivity index (χ3v) is 2.34. The van der Waals surface area contributed by atoms with Gasteiger partial charge in [0.2, 0.25) is 0 Å². The lowest BCUT2D eigenvalue weighted by Gasteiger charge is -2.06. The van der Waals surface area contributed by atoms with Gasteiger partial charge in [-0.05, 0) is 21.5 Å². The van der Waals surface area contributed by atoms with Crippen LogP contribution in [0.2, 0.25) is 0 Å². The molecular formula is C11H10BrN3O. The Morgan fingerprint density at radius 3 is 2.75 bits per heavy atom. The first-order chi connectivity index (χ1) is 7.75. The number of aromatic nitrogens is 2. The SMILES string of the molecule is Nc1ncc(Br)nc1OCc1ccccc1. The van der Waals surface area contributed by atoms with E-state index in [1.54, 1.807) is 0 Å². The van der Waals surface area contributed by atoms with Crippen LogP contribution in [0.3, 0.4) is 0 Å². The van der Waals surface area contributed by atoms with Crippen molar-refractivity contribution in [2.45, 2.75) is 6.61 Å². The second-order valence-electron chi connectivity index (χ2n) is 3.16. The minimum absolute atomic E-state index is 0.291. The summed E-state index contributed by atoms with van der Waals surface area (Å²) in [4.78, 5) is 8.03. The molecule has 1 aromatic carbocycles. The Labute approximate surface area is 102 Å². The molecule has 82 valence electrons. The van der Waals surface area contributed by atoms with Gasteiger partial charge in [-0.15, -0.1) is 0 Å². The number of benzene rings is 1. The van der Waals surface area contributed by atoms with E-state index in [0.717, 1.165) is 5.56 Å². The van der Waals surface area contributed by atoms with E-state index in [4.69, 9.17) is 10.5 Å². The summed E-state index contributed by atoms with van der Waals surface area (Å²) in [5.41, 5.74) is 6.69. The van der Waals surface area contributed by atoms with Gasteiger partial charge >= 0.3 is 0 Å². The molecule has 2 rings (SSSR count). The summed E-state index contributed by atoms with van der Waals surface area (Å²) in [6.45, 7) is 0.427. The second kappa shape index (κ2) is 4.94. The summed E-state index contributed by atoms with van der Waals surface area (Å²) in [5, 5.41) is 0. The lowest BCUT2D eigenvalue weighted by Crippen LogP contribution is -2.02. The summed E-state index contributed by atoms with van der Waals surface area (Å²) >= 11 is 3.21. The van der Waals surface area contributed by atoms with Crippen LogP contribution in [-0.2, 0) is 6.61 Å². The third-order valence-electron chi connectivity index (χ3n) is 1.96. The smallest absolute Gasteiger partial charge is 0.258 e. The molecule has 0 aliphatic heterocycles. The van der Waals surface area contributed by atoms with Crippen LogP contribution in [0.15, 0.2) is 41.1 Å². The zero-order valence-electron chi connectivity index (χ0n) is 8.43. The number of nitrogen functional groups attached to an aromatic ring is 1. The van der Waals surface area contributed by atoms with Crippen molar-refractivity contribution in [2.75, 3.05) is 5.73 Å². The van der Waals surface area contributed by atoms with E-state index in [9.17, 15) is 0 Å². The fourth-order valence-corrected chi connectivity index (χ4v) is 1.46. The molecule has 0 unspecified atom stereocenters. The van der Waals surface area contributed by atoms with Crippen molar-refractivity contribution in [3.8, 4) is 5.88 Å². The predicted octanol–water partition coefficient (Wildman–Crippen LogP) is 2.40. The normalized spacial score (nSPS) is 10.1. The van der Waals surface area contributed by atoms with Crippen molar-refractivity contribution in [3.63, 3.8) is 0 Å². The molecule has 0 radical (unpaired) electrons. The van der Waals surface area contributed by atoms with Crippen LogP contribution in [0.5, 0.6) is 5.88 Å². The number of halogens is 1. The fourth-order valence-electron chi connectivity index (χ4n) is 1.19. The lowest BCUT2D eigenvalue weighted by atomic mass is 10.2. The fraction of sp³-hybridized carbons (Fsp3) is 0.0909. The summed E-state index contributed by atoms with van der Waals surface area (Å²) in [6, 6.07) is 9.81. The largest absolute Gasteiger partial charge is 0.470 e. The van der Waals surface area contributed by atoms with Gasteiger partial charge in [-0.1, -0.05) is 30.3 Å². The predicted molar refractivity (Wildman–Crippen MR) is 64.9 cm³/mol. The van der Waals surface area contributed by atoms with Gasteiger partial charge in [0.15, 0.2) is 5.82 Å². The van der Waals surface area contributed by atoms with Crippen molar-refractivity contribution in [3.05, 3.63) is 46.7 Å². The van der Waals surface area contributed by atoms with Crippen LogP contribution in [0.1, 0.15) is 5.56 Å². The lowest BCUT2D eigenvalue weighted by molar-refractivity contribution is 0.294. The van der Waals surface area contributed by atoms with E-state index < -0.39 is 0 Å².